The maximum Gasteiger partial charge on any atom is 0.325 e. The van der Waals surface area contributed by atoms with Gasteiger partial charge in [0.1, 0.15) is 17.5 Å². The van der Waals surface area contributed by atoms with Gasteiger partial charge in [-0.15, -0.1) is 0 Å². The second-order valence-electron chi connectivity index (χ2n) is 3.27. The molecule has 0 saturated carbocycles. The molecule has 0 amide bonds. The number of phenols is 1. The van der Waals surface area contributed by atoms with Gasteiger partial charge in [-0.05, 0) is 12.1 Å². The standard InChI is InChI=1S/C10H11F2NO4/c1-17-4-2-5(7(13)10(15)16)8(14)6(3-4)9(11)12/h2-3,7,9,14H,13H2,1H3,(H,15,16). The smallest absolute Gasteiger partial charge is 0.325 e. The average molecular weight is 247 g/mol. The van der Waals surface area contributed by atoms with E-state index in [9.17, 15) is 18.7 Å². The number of methoxy groups -OCH3 is 1. The number of hydrogen-bond acceptors (Lipinski definition) is 4. The topological polar surface area (TPSA) is 92.8 Å². The SMILES string of the molecule is COc1cc(C(F)F)c(O)c(C(N)C(=O)O)c1. The molecule has 0 saturated heterocycles. The first kappa shape index (κ1) is 13.2. The van der Waals surface area contributed by atoms with Gasteiger partial charge in [-0.2, -0.15) is 0 Å². The van der Waals surface area contributed by atoms with Crippen LogP contribution in [0, 0.1) is 0 Å². The van der Waals surface area contributed by atoms with Gasteiger partial charge in [0.15, 0.2) is 0 Å². The molecule has 7 heteroatoms. The third kappa shape index (κ3) is 2.62. The van der Waals surface area contributed by atoms with Crippen molar-refractivity contribution in [2.45, 2.75) is 12.5 Å². The zero-order valence-corrected chi connectivity index (χ0v) is 8.85. The lowest BCUT2D eigenvalue weighted by Gasteiger charge is -2.14. The minimum absolute atomic E-state index is 0.00444. The Morgan fingerprint density at radius 2 is 1.94 bits per heavy atom. The van der Waals surface area contributed by atoms with Crippen LogP contribution in [0.1, 0.15) is 23.6 Å². The zero-order chi connectivity index (χ0) is 13.2. The number of carbonyl (C=O) groups is 1. The Labute approximate surface area is 95.4 Å². The molecule has 4 N–H and O–H groups in total. The summed E-state index contributed by atoms with van der Waals surface area (Å²) in [6.07, 6.45) is -2.95. The van der Waals surface area contributed by atoms with Gasteiger partial charge in [0, 0.05) is 5.56 Å². The van der Waals surface area contributed by atoms with Gasteiger partial charge in [0.2, 0.25) is 0 Å². The number of alkyl halides is 2. The number of ether oxygens (including phenoxy) is 1. The Morgan fingerprint density at radius 1 is 1.41 bits per heavy atom. The molecule has 0 fully saturated rings. The van der Waals surface area contributed by atoms with Crippen LogP contribution in [0.25, 0.3) is 0 Å². The number of carboxylic acid groups (broad SMARTS) is 1. The molecule has 1 aromatic rings. The van der Waals surface area contributed by atoms with E-state index >= 15 is 0 Å². The van der Waals surface area contributed by atoms with Crippen LogP contribution in [-0.4, -0.2) is 23.3 Å². The van der Waals surface area contributed by atoms with E-state index in [2.05, 4.69) is 0 Å². The van der Waals surface area contributed by atoms with Crippen molar-refractivity contribution >= 4 is 5.97 Å². The molecule has 0 aromatic heterocycles. The Balaban J connectivity index is 3.38. The third-order valence-corrected chi connectivity index (χ3v) is 2.21. The Morgan fingerprint density at radius 3 is 2.35 bits per heavy atom. The molecular weight excluding hydrogens is 236 g/mol. The van der Waals surface area contributed by atoms with E-state index in [1.807, 2.05) is 0 Å². The molecule has 1 unspecified atom stereocenters. The van der Waals surface area contributed by atoms with Crippen LogP contribution in [0.4, 0.5) is 8.78 Å². The van der Waals surface area contributed by atoms with Crippen molar-refractivity contribution in [1.82, 2.24) is 0 Å². The van der Waals surface area contributed by atoms with Gasteiger partial charge in [-0.1, -0.05) is 0 Å². The molecule has 0 bridgehead atoms. The van der Waals surface area contributed by atoms with Gasteiger partial charge >= 0.3 is 5.97 Å². The van der Waals surface area contributed by atoms with Crippen molar-refractivity contribution in [2.24, 2.45) is 5.73 Å². The molecule has 1 aromatic carbocycles. The summed E-state index contributed by atoms with van der Waals surface area (Å²) in [4.78, 5) is 10.7. The average Bonchev–Trinajstić information content (AvgIpc) is 2.27. The lowest BCUT2D eigenvalue weighted by Crippen LogP contribution is -2.21. The summed E-state index contributed by atoms with van der Waals surface area (Å²) in [5.41, 5.74) is 4.25. The van der Waals surface area contributed by atoms with Crippen LogP contribution in [-0.2, 0) is 4.79 Å². The Bertz CT molecular complexity index is 437. The van der Waals surface area contributed by atoms with E-state index in [0.29, 0.717) is 0 Å². The second-order valence-corrected chi connectivity index (χ2v) is 3.27. The maximum absolute atomic E-state index is 12.6. The molecule has 0 aliphatic rings. The minimum Gasteiger partial charge on any atom is -0.507 e. The second kappa shape index (κ2) is 4.96. The van der Waals surface area contributed by atoms with Crippen LogP contribution < -0.4 is 10.5 Å². The monoisotopic (exact) mass is 247 g/mol. The van der Waals surface area contributed by atoms with Crippen molar-refractivity contribution in [3.63, 3.8) is 0 Å². The van der Waals surface area contributed by atoms with E-state index in [1.165, 1.54) is 7.11 Å². The number of aliphatic carboxylic acids is 1. The molecule has 0 radical (unpaired) electrons. The van der Waals surface area contributed by atoms with E-state index in [0.717, 1.165) is 12.1 Å². The number of halogens is 2. The summed E-state index contributed by atoms with van der Waals surface area (Å²) in [5.74, 6) is -2.26. The predicted molar refractivity (Wildman–Crippen MR) is 54.2 cm³/mol. The highest BCUT2D eigenvalue weighted by atomic mass is 19.3. The summed E-state index contributed by atoms with van der Waals surface area (Å²) in [5, 5.41) is 18.2. The van der Waals surface area contributed by atoms with Crippen LogP contribution in [0.2, 0.25) is 0 Å². The highest BCUT2D eigenvalue weighted by Gasteiger charge is 2.24. The normalized spacial score (nSPS) is 12.5. The van der Waals surface area contributed by atoms with Gasteiger partial charge in [-0.3, -0.25) is 4.79 Å². The largest absolute Gasteiger partial charge is 0.507 e. The van der Waals surface area contributed by atoms with Gasteiger partial charge in [0.05, 0.1) is 12.7 Å². The van der Waals surface area contributed by atoms with Crippen molar-refractivity contribution < 1.29 is 28.5 Å². The van der Waals surface area contributed by atoms with Crippen LogP contribution in [0.5, 0.6) is 11.5 Å². The third-order valence-electron chi connectivity index (χ3n) is 2.21. The predicted octanol–water partition coefficient (Wildman–Crippen LogP) is 1.42. The van der Waals surface area contributed by atoms with E-state index < -0.39 is 29.7 Å². The number of aromatic hydroxyl groups is 1. The number of carboxylic acids is 1. The fraction of sp³-hybridized carbons (Fsp3) is 0.300. The molecule has 17 heavy (non-hydrogen) atoms. The minimum atomic E-state index is -2.95. The fourth-order valence-electron chi connectivity index (χ4n) is 1.31. The number of nitrogens with two attached hydrogens (primary N) is 1. The lowest BCUT2D eigenvalue weighted by atomic mass is 10.0. The first-order valence-electron chi connectivity index (χ1n) is 4.55. The molecular formula is C10H11F2NO4. The van der Waals surface area contributed by atoms with E-state index in [1.54, 1.807) is 0 Å². The van der Waals surface area contributed by atoms with Crippen LogP contribution >= 0.6 is 0 Å². The van der Waals surface area contributed by atoms with Crippen LogP contribution in [0.3, 0.4) is 0 Å². The van der Waals surface area contributed by atoms with E-state index in [-0.39, 0.29) is 11.3 Å². The highest BCUT2D eigenvalue weighted by Crippen LogP contribution is 2.37. The Hall–Kier alpha value is -1.89. The highest BCUT2D eigenvalue weighted by molar-refractivity contribution is 5.77. The molecule has 5 nitrogen and oxygen atoms in total. The van der Waals surface area contributed by atoms with Crippen LogP contribution in [0.15, 0.2) is 12.1 Å². The molecule has 1 atom stereocenters. The van der Waals surface area contributed by atoms with Gasteiger partial charge in [0.25, 0.3) is 6.43 Å². The van der Waals surface area contributed by atoms with E-state index in [4.69, 9.17) is 15.6 Å². The quantitative estimate of drug-likeness (QED) is 0.748. The Kier molecular flexibility index (Phi) is 3.84. The fourth-order valence-corrected chi connectivity index (χ4v) is 1.31. The number of rotatable bonds is 4. The molecule has 94 valence electrons. The molecule has 1 rings (SSSR count). The maximum atomic E-state index is 12.6. The zero-order valence-electron chi connectivity index (χ0n) is 8.85. The van der Waals surface area contributed by atoms with Crippen molar-refractivity contribution in [3.8, 4) is 11.5 Å². The molecule has 0 aliphatic carbocycles. The summed E-state index contributed by atoms with van der Waals surface area (Å²) in [6.45, 7) is 0. The molecule has 0 heterocycles. The summed E-state index contributed by atoms with van der Waals surface area (Å²) < 4.78 is 29.9. The number of benzene rings is 1. The first-order chi connectivity index (χ1) is 7.88. The van der Waals surface area contributed by atoms with Crippen molar-refractivity contribution in [2.75, 3.05) is 7.11 Å². The van der Waals surface area contributed by atoms with Gasteiger partial charge < -0.3 is 20.7 Å². The molecule has 0 aliphatic heterocycles. The first-order valence-corrected chi connectivity index (χ1v) is 4.55. The lowest BCUT2D eigenvalue weighted by molar-refractivity contribution is -0.138. The van der Waals surface area contributed by atoms with Crippen molar-refractivity contribution in [3.05, 3.63) is 23.3 Å². The summed E-state index contributed by atoms with van der Waals surface area (Å²) >= 11 is 0. The van der Waals surface area contributed by atoms with Gasteiger partial charge in [-0.25, -0.2) is 8.78 Å². The number of hydrogen-bond donors (Lipinski definition) is 3. The molecule has 0 spiro atoms. The summed E-state index contributed by atoms with van der Waals surface area (Å²) in [6, 6.07) is 0.445. The summed E-state index contributed by atoms with van der Waals surface area (Å²) in [7, 11) is 1.23. The number of phenolic OH excluding ortho intramolecular Hbond substituents is 1. The van der Waals surface area contributed by atoms with Crippen molar-refractivity contribution in [1.29, 1.82) is 0 Å².